The lowest BCUT2D eigenvalue weighted by atomic mass is 9.65. The second-order valence-corrected chi connectivity index (χ2v) is 6.70. The Bertz CT molecular complexity index is 652. The lowest BCUT2D eigenvalue weighted by molar-refractivity contribution is 0.269. The van der Waals surface area contributed by atoms with E-state index in [0.717, 1.165) is 0 Å². The number of aryl methyl sites for hydroxylation is 1. The van der Waals surface area contributed by atoms with E-state index in [4.69, 9.17) is 0 Å². The lowest BCUT2D eigenvalue weighted by Crippen LogP contribution is -2.34. The summed E-state index contributed by atoms with van der Waals surface area (Å²) in [5.41, 5.74) is 6.11. The molecule has 1 N–H and O–H groups in total. The second-order valence-electron chi connectivity index (χ2n) is 6.70. The fraction of sp³-hybridized carbons (Fsp3) is 0.400. The first kappa shape index (κ1) is 12.9. The minimum atomic E-state index is 0.307. The maximum Gasteiger partial charge on any atom is 0.0613 e. The molecule has 1 saturated carbocycles. The molecule has 0 amide bonds. The van der Waals surface area contributed by atoms with E-state index in [1.807, 2.05) is 0 Å². The highest BCUT2D eigenvalue weighted by Gasteiger charge is 2.47. The monoisotopic (exact) mass is 277 g/mol. The van der Waals surface area contributed by atoms with Crippen LogP contribution in [0.25, 0.3) is 0 Å². The molecule has 1 spiro atoms. The lowest BCUT2D eigenvalue weighted by Gasteiger charge is -2.40. The summed E-state index contributed by atoms with van der Waals surface area (Å²) >= 11 is 0. The van der Waals surface area contributed by atoms with E-state index in [1.165, 1.54) is 48.9 Å². The Morgan fingerprint density at radius 1 is 0.905 bits per heavy atom. The maximum absolute atomic E-state index is 3.85. The molecule has 0 unspecified atom stereocenters. The highest BCUT2D eigenvalue weighted by Crippen LogP contribution is 2.56. The van der Waals surface area contributed by atoms with Crippen LogP contribution in [0.2, 0.25) is 0 Å². The van der Waals surface area contributed by atoms with Gasteiger partial charge in [0.05, 0.1) is 6.04 Å². The smallest absolute Gasteiger partial charge is 0.0613 e. The third kappa shape index (κ3) is 1.91. The van der Waals surface area contributed by atoms with Crippen molar-refractivity contribution in [3.8, 4) is 0 Å². The normalized spacial score (nSPS) is 22.8. The van der Waals surface area contributed by atoms with E-state index in [1.54, 1.807) is 5.56 Å². The van der Waals surface area contributed by atoms with Crippen LogP contribution in [-0.4, -0.2) is 0 Å². The number of fused-ring (bicyclic) bond motifs is 2. The van der Waals surface area contributed by atoms with Crippen LogP contribution in [0.15, 0.2) is 48.5 Å². The third-order valence-electron chi connectivity index (χ3n) is 5.56. The van der Waals surface area contributed by atoms with Gasteiger partial charge in [0.15, 0.2) is 0 Å². The molecular formula is C20H23N. The highest BCUT2D eigenvalue weighted by atomic mass is 15.0. The van der Waals surface area contributed by atoms with Gasteiger partial charge in [0.2, 0.25) is 0 Å². The standard InChI is InChI=1S/C20H23N/c1-15-9-3-4-10-16(15)19-20(13-7-2-8-14-20)17-11-5-6-12-18(17)21-19/h3-6,9-12,19,21H,2,7-8,13-14H2,1H3/t19-/m0/s1. The Hall–Kier alpha value is -1.76. The van der Waals surface area contributed by atoms with Crippen molar-refractivity contribution in [2.75, 3.05) is 5.32 Å². The van der Waals surface area contributed by atoms with Crippen molar-refractivity contribution in [1.82, 2.24) is 0 Å². The van der Waals surface area contributed by atoms with Gasteiger partial charge >= 0.3 is 0 Å². The van der Waals surface area contributed by atoms with Crippen molar-refractivity contribution < 1.29 is 0 Å². The van der Waals surface area contributed by atoms with Gasteiger partial charge in [0.1, 0.15) is 0 Å². The Morgan fingerprint density at radius 2 is 1.62 bits per heavy atom. The van der Waals surface area contributed by atoms with E-state index in [0.29, 0.717) is 11.5 Å². The predicted molar refractivity (Wildman–Crippen MR) is 88.7 cm³/mol. The Balaban J connectivity index is 1.86. The minimum absolute atomic E-state index is 0.307. The molecule has 2 aliphatic rings. The van der Waals surface area contributed by atoms with Gasteiger partial charge in [0.25, 0.3) is 0 Å². The van der Waals surface area contributed by atoms with Crippen molar-refractivity contribution in [3.63, 3.8) is 0 Å². The molecule has 1 aliphatic carbocycles. The molecule has 0 radical (unpaired) electrons. The molecule has 0 bridgehead atoms. The van der Waals surface area contributed by atoms with Crippen molar-refractivity contribution in [2.45, 2.75) is 50.5 Å². The minimum Gasteiger partial charge on any atom is -0.377 e. The average Bonchev–Trinajstić information content (AvgIpc) is 2.83. The van der Waals surface area contributed by atoms with Crippen molar-refractivity contribution in [1.29, 1.82) is 0 Å². The number of hydrogen-bond acceptors (Lipinski definition) is 1. The number of hydrogen-bond donors (Lipinski definition) is 1. The number of nitrogens with one attached hydrogen (secondary N) is 1. The second kappa shape index (κ2) is 4.91. The zero-order valence-electron chi connectivity index (χ0n) is 12.7. The van der Waals surface area contributed by atoms with Crippen molar-refractivity contribution in [3.05, 3.63) is 65.2 Å². The first-order valence-electron chi connectivity index (χ1n) is 8.23. The van der Waals surface area contributed by atoms with Crippen LogP contribution in [-0.2, 0) is 5.41 Å². The summed E-state index contributed by atoms with van der Waals surface area (Å²) in [6.07, 6.45) is 6.74. The van der Waals surface area contributed by atoms with E-state index in [9.17, 15) is 0 Å². The number of benzene rings is 2. The van der Waals surface area contributed by atoms with E-state index >= 15 is 0 Å². The summed E-state index contributed by atoms with van der Waals surface area (Å²) in [6.45, 7) is 2.25. The molecule has 108 valence electrons. The van der Waals surface area contributed by atoms with Gasteiger partial charge in [-0.2, -0.15) is 0 Å². The predicted octanol–water partition coefficient (Wildman–Crippen LogP) is 5.36. The average molecular weight is 277 g/mol. The van der Waals surface area contributed by atoms with Crippen LogP contribution in [0.4, 0.5) is 5.69 Å². The summed E-state index contributed by atoms with van der Waals surface area (Å²) < 4.78 is 0. The molecule has 1 nitrogen and oxygen atoms in total. The van der Waals surface area contributed by atoms with Crippen LogP contribution >= 0.6 is 0 Å². The van der Waals surface area contributed by atoms with Crippen LogP contribution in [0.3, 0.4) is 0 Å². The topological polar surface area (TPSA) is 12.0 Å². The molecule has 2 aromatic rings. The quantitative estimate of drug-likeness (QED) is 0.739. The van der Waals surface area contributed by atoms with Gasteiger partial charge in [0, 0.05) is 11.1 Å². The molecule has 1 atom stereocenters. The number of anilines is 1. The first-order chi connectivity index (χ1) is 10.3. The molecule has 1 heteroatoms. The first-order valence-corrected chi connectivity index (χ1v) is 8.23. The van der Waals surface area contributed by atoms with Crippen LogP contribution in [0.5, 0.6) is 0 Å². The summed E-state index contributed by atoms with van der Waals surface area (Å²) in [6, 6.07) is 18.3. The summed E-state index contributed by atoms with van der Waals surface area (Å²) in [7, 11) is 0. The van der Waals surface area contributed by atoms with Crippen LogP contribution in [0, 0.1) is 6.92 Å². The van der Waals surface area contributed by atoms with Crippen molar-refractivity contribution in [2.24, 2.45) is 0 Å². The van der Waals surface area contributed by atoms with Gasteiger partial charge < -0.3 is 5.32 Å². The summed E-state index contributed by atoms with van der Waals surface area (Å²) in [5.74, 6) is 0. The van der Waals surface area contributed by atoms with E-state index in [2.05, 4.69) is 60.8 Å². The molecule has 1 aliphatic heterocycles. The highest BCUT2D eigenvalue weighted by molar-refractivity contribution is 5.64. The molecule has 0 aromatic heterocycles. The fourth-order valence-electron chi connectivity index (χ4n) is 4.52. The summed E-state index contributed by atoms with van der Waals surface area (Å²) in [5, 5.41) is 3.85. The van der Waals surface area contributed by atoms with Gasteiger partial charge in [-0.1, -0.05) is 61.7 Å². The Morgan fingerprint density at radius 3 is 2.43 bits per heavy atom. The molecule has 2 aromatic carbocycles. The summed E-state index contributed by atoms with van der Waals surface area (Å²) in [4.78, 5) is 0. The maximum atomic E-state index is 3.85. The number of rotatable bonds is 1. The SMILES string of the molecule is Cc1ccccc1[C@@H]1Nc2ccccc2C12CCCCC2. The van der Waals surface area contributed by atoms with Crippen LogP contribution < -0.4 is 5.32 Å². The largest absolute Gasteiger partial charge is 0.377 e. The number of para-hydroxylation sites is 1. The van der Waals surface area contributed by atoms with E-state index in [-0.39, 0.29) is 0 Å². The van der Waals surface area contributed by atoms with Gasteiger partial charge in [-0.25, -0.2) is 0 Å². The Kier molecular flexibility index (Phi) is 3.02. The molecule has 1 fully saturated rings. The molecule has 21 heavy (non-hydrogen) atoms. The van der Waals surface area contributed by atoms with Gasteiger partial charge in [-0.05, 0) is 42.5 Å². The zero-order valence-corrected chi connectivity index (χ0v) is 12.7. The zero-order chi connectivity index (χ0) is 14.3. The van der Waals surface area contributed by atoms with Gasteiger partial charge in [-0.3, -0.25) is 0 Å². The van der Waals surface area contributed by atoms with Crippen molar-refractivity contribution >= 4 is 5.69 Å². The molecule has 4 rings (SSSR count). The molecule has 0 saturated heterocycles. The fourth-order valence-corrected chi connectivity index (χ4v) is 4.52. The molecular weight excluding hydrogens is 254 g/mol. The van der Waals surface area contributed by atoms with Gasteiger partial charge in [-0.15, -0.1) is 0 Å². The Labute approximate surface area is 127 Å². The van der Waals surface area contributed by atoms with E-state index < -0.39 is 0 Å². The van der Waals surface area contributed by atoms with Crippen LogP contribution in [0.1, 0.15) is 54.8 Å². The third-order valence-corrected chi connectivity index (χ3v) is 5.56. The molecule has 1 heterocycles.